The van der Waals surface area contributed by atoms with Gasteiger partial charge >= 0.3 is 5.97 Å². The second-order valence-corrected chi connectivity index (χ2v) is 6.34. The Hall–Kier alpha value is -3.26. The van der Waals surface area contributed by atoms with Crippen molar-refractivity contribution in [3.05, 3.63) is 53.6 Å². The monoisotopic (exact) mass is 417 g/mol. The van der Waals surface area contributed by atoms with Gasteiger partial charge in [0.05, 0.1) is 26.9 Å². The lowest BCUT2D eigenvalue weighted by molar-refractivity contribution is -0.142. The number of ether oxygens (including phenoxy) is 5. The van der Waals surface area contributed by atoms with Crippen molar-refractivity contribution >= 4 is 11.9 Å². The predicted octanol–water partition coefficient (Wildman–Crippen LogP) is 2.76. The van der Waals surface area contributed by atoms with Crippen molar-refractivity contribution in [1.82, 2.24) is 5.32 Å². The molecule has 8 nitrogen and oxygen atoms in total. The van der Waals surface area contributed by atoms with E-state index in [1.165, 1.54) is 7.11 Å². The van der Waals surface area contributed by atoms with E-state index < -0.39 is 5.97 Å². The molecule has 0 heterocycles. The zero-order valence-electron chi connectivity index (χ0n) is 17.6. The Bertz CT molecular complexity index is 853. The van der Waals surface area contributed by atoms with Crippen molar-refractivity contribution in [2.24, 2.45) is 0 Å². The molecule has 1 N–H and O–H groups in total. The van der Waals surface area contributed by atoms with Crippen LogP contribution in [0.4, 0.5) is 0 Å². The molecule has 30 heavy (non-hydrogen) atoms. The van der Waals surface area contributed by atoms with E-state index in [1.807, 2.05) is 19.1 Å². The van der Waals surface area contributed by atoms with Gasteiger partial charge in [-0.2, -0.15) is 0 Å². The summed E-state index contributed by atoms with van der Waals surface area (Å²) in [5.74, 6) is 0.808. The van der Waals surface area contributed by atoms with Crippen LogP contribution in [0.25, 0.3) is 0 Å². The quantitative estimate of drug-likeness (QED) is 0.444. The largest absolute Gasteiger partial charge is 0.493 e. The number of rotatable bonds is 11. The van der Waals surface area contributed by atoms with Crippen molar-refractivity contribution in [2.45, 2.75) is 13.0 Å². The maximum Gasteiger partial charge on any atom is 0.343 e. The van der Waals surface area contributed by atoms with Crippen LogP contribution >= 0.6 is 0 Å². The molecule has 0 radical (unpaired) electrons. The molecule has 0 saturated carbocycles. The summed E-state index contributed by atoms with van der Waals surface area (Å²) < 4.78 is 25.9. The fourth-order valence-corrected chi connectivity index (χ4v) is 2.60. The van der Waals surface area contributed by atoms with E-state index in [-0.39, 0.29) is 18.6 Å². The Morgan fingerprint density at radius 1 is 0.967 bits per heavy atom. The molecule has 0 fully saturated rings. The summed E-state index contributed by atoms with van der Waals surface area (Å²) in [6.45, 7) is 2.53. The van der Waals surface area contributed by atoms with E-state index in [1.54, 1.807) is 44.6 Å². The first-order valence-electron chi connectivity index (χ1n) is 9.38. The lowest BCUT2D eigenvalue weighted by Gasteiger charge is -2.17. The van der Waals surface area contributed by atoms with E-state index in [4.69, 9.17) is 18.9 Å². The molecular weight excluding hydrogens is 390 g/mol. The molecule has 1 amide bonds. The summed E-state index contributed by atoms with van der Waals surface area (Å²) in [6.07, 6.45) is 0. The van der Waals surface area contributed by atoms with E-state index in [2.05, 4.69) is 10.1 Å². The lowest BCUT2D eigenvalue weighted by Crippen LogP contribution is -2.26. The average molecular weight is 417 g/mol. The Morgan fingerprint density at radius 2 is 1.77 bits per heavy atom. The molecule has 0 spiro atoms. The topological polar surface area (TPSA) is 92.3 Å². The van der Waals surface area contributed by atoms with Crippen molar-refractivity contribution in [3.8, 4) is 17.2 Å². The molecule has 0 aromatic heterocycles. The van der Waals surface area contributed by atoms with Gasteiger partial charge in [0.2, 0.25) is 0 Å². The Balaban J connectivity index is 2.03. The maximum atomic E-state index is 12.6. The molecule has 8 heteroatoms. The zero-order valence-corrected chi connectivity index (χ0v) is 17.6. The van der Waals surface area contributed by atoms with Gasteiger partial charge in [-0.3, -0.25) is 4.79 Å². The molecule has 0 aliphatic carbocycles. The van der Waals surface area contributed by atoms with Crippen LogP contribution in [-0.2, 0) is 14.3 Å². The number of carbonyl (C=O) groups excluding carboxylic acids is 2. The molecule has 162 valence electrons. The second-order valence-electron chi connectivity index (χ2n) is 6.34. The standard InChI is InChI=1S/C22H27NO7/c1-15(16-8-9-19(20(13-16)27-3)29-11-10-26-2)23-22(25)17-6-5-7-18(12-17)30-14-21(24)28-4/h5-9,12-13,15H,10-11,14H2,1-4H3,(H,23,25). The summed E-state index contributed by atoms with van der Waals surface area (Å²) in [5, 5.41) is 2.94. The molecule has 0 aliphatic heterocycles. The number of hydrogen-bond acceptors (Lipinski definition) is 7. The minimum Gasteiger partial charge on any atom is -0.493 e. The van der Waals surface area contributed by atoms with Crippen molar-refractivity contribution in [1.29, 1.82) is 0 Å². The minimum atomic E-state index is -0.498. The lowest BCUT2D eigenvalue weighted by atomic mass is 10.1. The molecule has 0 saturated heterocycles. The van der Waals surface area contributed by atoms with Crippen LogP contribution in [0.5, 0.6) is 17.2 Å². The molecule has 0 bridgehead atoms. The van der Waals surface area contributed by atoms with Gasteiger partial charge < -0.3 is 29.0 Å². The third kappa shape index (κ3) is 6.66. The van der Waals surface area contributed by atoms with Gasteiger partial charge in [0, 0.05) is 12.7 Å². The molecule has 0 aliphatic rings. The number of hydrogen-bond donors (Lipinski definition) is 1. The van der Waals surface area contributed by atoms with Gasteiger partial charge in [-0.05, 0) is 42.8 Å². The summed E-state index contributed by atoms with van der Waals surface area (Å²) >= 11 is 0. The van der Waals surface area contributed by atoms with Crippen molar-refractivity contribution in [2.75, 3.05) is 41.2 Å². The fraction of sp³-hybridized carbons (Fsp3) is 0.364. The number of benzene rings is 2. The Labute approximate surface area is 176 Å². The summed E-state index contributed by atoms with van der Waals surface area (Å²) in [6, 6.07) is 11.8. The molecule has 1 unspecified atom stereocenters. The highest BCUT2D eigenvalue weighted by Crippen LogP contribution is 2.30. The zero-order chi connectivity index (χ0) is 21.9. The molecule has 2 aromatic rings. The molecular formula is C22H27NO7. The third-order valence-corrected chi connectivity index (χ3v) is 4.26. The first-order valence-corrected chi connectivity index (χ1v) is 9.38. The van der Waals surface area contributed by atoms with Crippen LogP contribution in [0, 0.1) is 0 Å². The van der Waals surface area contributed by atoms with E-state index in [0.717, 1.165) is 5.56 Å². The maximum absolute atomic E-state index is 12.6. The van der Waals surface area contributed by atoms with E-state index in [0.29, 0.717) is 36.0 Å². The molecule has 2 aromatic carbocycles. The smallest absolute Gasteiger partial charge is 0.343 e. The first-order chi connectivity index (χ1) is 14.5. The fourth-order valence-electron chi connectivity index (χ4n) is 2.60. The normalized spacial score (nSPS) is 11.3. The van der Waals surface area contributed by atoms with Crippen LogP contribution in [-0.4, -0.2) is 53.0 Å². The van der Waals surface area contributed by atoms with Gasteiger partial charge in [0.25, 0.3) is 5.91 Å². The van der Waals surface area contributed by atoms with Crippen molar-refractivity contribution in [3.63, 3.8) is 0 Å². The highest BCUT2D eigenvalue weighted by atomic mass is 16.6. The number of nitrogens with one attached hydrogen (secondary N) is 1. The average Bonchev–Trinajstić information content (AvgIpc) is 2.77. The van der Waals surface area contributed by atoms with E-state index >= 15 is 0 Å². The third-order valence-electron chi connectivity index (χ3n) is 4.26. The van der Waals surface area contributed by atoms with Gasteiger partial charge in [0.1, 0.15) is 12.4 Å². The van der Waals surface area contributed by atoms with Crippen molar-refractivity contribution < 1.29 is 33.3 Å². The predicted molar refractivity (Wildman–Crippen MR) is 110 cm³/mol. The molecule has 2 rings (SSSR count). The number of amides is 1. The minimum absolute atomic E-state index is 0.226. The second kappa shape index (κ2) is 11.7. The Kier molecular flexibility index (Phi) is 8.96. The van der Waals surface area contributed by atoms with E-state index in [9.17, 15) is 9.59 Å². The van der Waals surface area contributed by atoms with Crippen LogP contribution in [0.2, 0.25) is 0 Å². The van der Waals surface area contributed by atoms with Crippen LogP contribution in [0.1, 0.15) is 28.9 Å². The Morgan fingerprint density at radius 3 is 2.47 bits per heavy atom. The van der Waals surface area contributed by atoms with Crippen LogP contribution in [0.15, 0.2) is 42.5 Å². The molecule has 1 atom stereocenters. The highest BCUT2D eigenvalue weighted by Gasteiger charge is 2.15. The number of methoxy groups -OCH3 is 3. The SMILES string of the molecule is COCCOc1ccc(C(C)NC(=O)c2cccc(OCC(=O)OC)c2)cc1OC. The van der Waals surface area contributed by atoms with Gasteiger partial charge in [-0.15, -0.1) is 0 Å². The van der Waals surface area contributed by atoms with Gasteiger partial charge in [0.15, 0.2) is 18.1 Å². The number of carbonyl (C=O) groups is 2. The van der Waals surface area contributed by atoms with Gasteiger partial charge in [-0.1, -0.05) is 12.1 Å². The highest BCUT2D eigenvalue weighted by molar-refractivity contribution is 5.94. The summed E-state index contributed by atoms with van der Waals surface area (Å²) in [7, 11) is 4.45. The summed E-state index contributed by atoms with van der Waals surface area (Å²) in [4.78, 5) is 23.8. The van der Waals surface area contributed by atoms with Gasteiger partial charge in [-0.25, -0.2) is 4.79 Å². The first kappa shape index (κ1) is 23.0. The summed E-state index contributed by atoms with van der Waals surface area (Å²) in [5.41, 5.74) is 1.27. The van der Waals surface area contributed by atoms with Crippen LogP contribution < -0.4 is 19.5 Å². The van der Waals surface area contributed by atoms with Crippen LogP contribution in [0.3, 0.4) is 0 Å². The number of esters is 1.